The molecule has 1 rings (SSSR count). The molecule has 0 aliphatic carbocycles. The van der Waals surface area contributed by atoms with Gasteiger partial charge in [0.15, 0.2) is 0 Å². The van der Waals surface area contributed by atoms with Crippen LogP contribution < -0.4 is 5.32 Å². The Labute approximate surface area is 73.5 Å². The first-order valence-electron chi connectivity index (χ1n) is 4.38. The maximum absolute atomic E-state index is 11.4. The molecule has 1 N–H and O–H groups in total. The third kappa shape index (κ3) is 1.61. The number of rotatable bonds is 2. The van der Waals surface area contributed by atoms with Crippen LogP contribution in [0.3, 0.4) is 0 Å². The second-order valence-corrected chi connectivity index (χ2v) is 3.90. The second-order valence-electron chi connectivity index (χ2n) is 3.90. The predicted octanol–water partition coefficient (Wildman–Crippen LogP) is 0.795. The highest BCUT2D eigenvalue weighted by Crippen LogP contribution is 2.32. The normalized spacial score (nSPS) is 24.1. The first-order valence-corrected chi connectivity index (χ1v) is 4.38. The van der Waals surface area contributed by atoms with E-state index in [0.717, 1.165) is 19.5 Å². The maximum Gasteiger partial charge on any atom is 0.311 e. The van der Waals surface area contributed by atoms with Gasteiger partial charge in [-0.2, -0.15) is 0 Å². The van der Waals surface area contributed by atoms with E-state index in [-0.39, 0.29) is 11.4 Å². The van der Waals surface area contributed by atoms with Gasteiger partial charge in [0.25, 0.3) is 0 Å². The van der Waals surface area contributed by atoms with Gasteiger partial charge >= 0.3 is 5.97 Å². The van der Waals surface area contributed by atoms with Crippen LogP contribution in [-0.4, -0.2) is 26.2 Å². The third-order valence-electron chi connectivity index (χ3n) is 2.79. The smallest absolute Gasteiger partial charge is 0.311 e. The fourth-order valence-corrected chi connectivity index (χ4v) is 1.70. The van der Waals surface area contributed by atoms with Crippen LogP contribution in [0.15, 0.2) is 0 Å². The largest absolute Gasteiger partial charge is 0.469 e. The van der Waals surface area contributed by atoms with Gasteiger partial charge in [0.1, 0.15) is 0 Å². The lowest BCUT2D eigenvalue weighted by Gasteiger charge is -2.27. The lowest BCUT2D eigenvalue weighted by atomic mass is 9.78. The molecule has 0 aromatic heterocycles. The fourth-order valence-electron chi connectivity index (χ4n) is 1.70. The molecule has 1 atom stereocenters. The quantitative estimate of drug-likeness (QED) is 0.624. The Balaban J connectivity index is 2.62. The van der Waals surface area contributed by atoms with Crippen molar-refractivity contribution in [1.82, 2.24) is 5.32 Å². The zero-order valence-corrected chi connectivity index (χ0v) is 8.02. The van der Waals surface area contributed by atoms with E-state index in [9.17, 15) is 4.79 Å². The van der Waals surface area contributed by atoms with Crippen molar-refractivity contribution in [3.8, 4) is 0 Å². The number of nitrogens with one attached hydrogen (secondary N) is 1. The zero-order chi connectivity index (χ0) is 9.19. The van der Waals surface area contributed by atoms with E-state index in [4.69, 9.17) is 4.74 Å². The van der Waals surface area contributed by atoms with Crippen molar-refractivity contribution in [3.63, 3.8) is 0 Å². The molecule has 70 valence electrons. The minimum absolute atomic E-state index is 0.101. The summed E-state index contributed by atoms with van der Waals surface area (Å²) in [6, 6.07) is 0. The van der Waals surface area contributed by atoms with Crippen LogP contribution in [-0.2, 0) is 9.53 Å². The highest BCUT2D eigenvalue weighted by molar-refractivity contribution is 5.76. The summed E-state index contributed by atoms with van der Waals surface area (Å²) in [6.45, 7) is 5.86. The van der Waals surface area contributed by atoms with Crippen LogP contribution in [0.1, 0.15) is 20.3 Å². The van der Waals surface area contributed by atoms with Gasteiger partial charge in [-0.3, -0.25) is 4.79 Å². The van der Waals surface area contributed by atoms with E-state index in [1.54, 1.807) is 0 Å². The molecule has 3 nitrogen and oxygen atoms in total. The number of esters is 1. The van der Waals surface area contributed by atoms with Crippen LogP contribution in [0.25, 0.3) is 0 Å². The van der Waals surface area contributed by atoms with E-state index in [2.05, 4.69) is 5.32 Å². The molecule has 1 heterocycles. The van der Waals surface area contributed by atoms with Gasteiger partial charge in [0, 0.05) is 0 Å². The SMILES string of the molecule is COC(=O)C(C)(C)[C@@H]1CCNC1. The van der Waals surface area contributed by atoms with E-state index >= 15 is 0 Å². The first kappa shape index (κ1) is 9.52. The number of methoxy groups -OCH3 is 1. The molecule has 0 spiro atoms. The van der Waals surface area contributed by atoms with Gasteiger partial charge in [0.2, 0.25) is 0 Å². The standard InChI is InChI=1S/C9H17NO2/c1-9(2,8(11)12-3)7-4-5-10-6-7/h7,10H,4-6H2,1-3H3/t7-/m1/s1. The van der Waals surface area contributed by atoms with Crippen LogP contribution in [0.2, 0.25) is 0 Å². The fraction of sp³-hybridized carbons (Fsp3) is 0.889. The summed E-state index contributed by atoms with van der Waals surface area (Å²) in [6.07, 6.45) is 1.07. The summed E-state index contributed by atoms with van der Waals surface area (Å²) in [7, 11) is 1.45. The van der Waals surface area contributed by atoms with Gasteiger partial charge in [-0.15, -0.1) is 0 Å². The molecule has 0 aromatic carbocycles. The van der Waals surface area contributed by atoms with Crippen molar-refractivity contribution >= 4 is 5.97 Å². The van der Waals surface area contributed by atoms with Crippen LogP contribution in [0, 0.1) is 11.3 Å². The molecule has 3 heteroatoms. The van der Waals surface area contributed by atoms with Crippen LogP contribution in [0.4, 0.5) is 0 Å². The van der Waals surface area contributed by atoms with Crippen LogP contribution >= 0.6 is 0 Å². The van der Waals surface area contributed by atoms with Gasteiger partial charge in [-0.1, -0.05) is 0 Å². The molecule has 12 heavy (non-hydrogen) atoms. The van der Waals surface area contributed by atoms with Crippen molar-refractivity contribution in [1.29, 1.82) is 0 Å². The summed E-state index contributed by atoms with van der Waals surface area (Å²) in [5.74, 6) is 0.321. The topological polar surface area (TPSA) is 38.3 Å². The van der Waals surface area contributed by atoms with Gasteiger partial charge in [-0.05, 0) is 39.3 Å². The van der Waals surface area contributed by atoms with Gasteiger partial charge in [0.05, 0.1) is 12.5 Å². The maximum atomic E-state index is 11.4. The lowest BCUT2D eigenvalue weighted by molar-refractivity contribution is -0.153. The molecule has 1 aliphatic heterocycles. The Morgan fingerprint density at radius 1 is 1.58 bits per heavy atom. The minimum atomic E-state index is -0.335. The number of carbonyl (C=O) groups is 1. The summed E-state index contributed by atoms with van der Waals surface area (Å²) in [5, 5.41) is 3.25. The number of hydrogen-bond acceptors (Lipinski definition) is 3. The van der Waals surface area contributed by atoms with Crippen molar-refractivity contribution < 1.29 is 9.53 Å². The van der Waals surface area contributed by atoms with Crippen molar-refractivity contribution in [3.05, 3.63) is 0 Å². The Hall–Kier alpha value is -0.570. The van der Waals surface area contributed by atoms with Crippen molar-refractivity contribution in [2.45, 2.75) is 20.3 Å². The average Bonchev–Trinajstić information content (AvgIpc) is 2.55. The van der Waals surface area contributed by atoms with Crippen LogP contribution in [0.5, 0.6) is 0 Å². The monoisotopic (exact) mass is 171 g/mol. The first-order chi connectivity index (χ1) is 5.59. The molecule has 0 radical (unpaired) electrons. The summed E-state index contributed by atoms with van der Waals surface area (Å²) in [5.41, 5.74) is -0.335. The molecule has 0 saturated carbocycles. The Bertz CT molecular complexity index is 171. The van der Waals surface area contributed by atoms with Gasteiger partial charge in [-0.25, -0.2) is 0 Å². The molecule has 0 aromatic rings. The highest BCUT2D eigenvalue weighted by Gasteiger charge is 2.38. The summed E-state index contributed by atoms with van der Waals surface area (Å²) >= 11 is 0. The zero-order valence-electron chi connectivity index (χ0n) is 8.02. The van der Waals surface area contributed by atoms with Gasteiger partial charge < -0.3 is 10.1 Å². The molecule has 0 bridgehead atoms. The number of hydrogen-bond donors (Lipinski definition) is 1. The Morgan fingerprint density at radius 2 is 2.25 bits per heavy atom. The molecule has 0 unspecified atom stereocenters. The summed E-state index contributed by atoms with van der Waals surface area (Å²) < 4.78 is 4.76. The van der Waals surface area contributed by atoms with Crippen molar-refractivity contribution in [2.75, 3.05) is 20.2 Å². The third-order valence-corrected chi connectivity index (χ3v) is 2.79. The molecule has 1 saturated heterocycles. The second kappa shape index (κ2) is 3.44. The lowest BCUT2D eigenvalue weighted by Crippen LogP contribution is -2.35. The van der Waals surface area contributed by atoms with E-state index in [0.29, 0.717) is 5.92 Å². The molecule has 1 aliphatic rings. The minimum Gasteiger partial charge on any atom is -0.469 e. The van der Waals surface area contributed by atoms with Crippen molar-refractivity contribution in [2.24, 2.45) is 11.3 Å². The van der Waals surface area contributed by atoms with E-state index < -0.39 is 0 Å². The average molecular weight is 171 g/mol. The summed E-state index contributed by atoms with van der Waals surface area (Å²) in [4.78, 5) is 11.4. The predicted molar refractivity (Wildman–Crippen MR) is 46.8 cm³/mol. The molecular formula is C9H17NO2. The molecule has 0 amide bonds. The number of ether oxygens (including phenoxy) is 1. The van der Waals surface area contributed by atoms with E-state index in [1.165, 1.54) is 7.11 Å². The molecule has 1 fully saturated rings. The Kier molecular flexibility index (Phi) is 2.73. The Morgan fingerprint density at radius 3 is 2.67 bits per heavy atom. The molecular weight excluding hydrogens is 154 g/mol. The number of carbonyl (C=O) groups excluding carboxylic acids is 1. The van der Waals surface area contributed by atoms with E-state index in [1.807, 2.05) is 13.8 Å². The highest BCUT2D eigenvalue weighted by atomic mass is 16.5.